The van der Waals surface area contributed by atoms with Crippen molar-refractivity contribution in [1.29, 1.82) is 0 Å². The molecule has 0 aliphatic heterocycles. The van der Waals surface area contributed by atoms with E-state index in [2.05, 4.69) is 19.0 Å². The van der Waals surface area contributed by atoms with Crippen LogP contribution < -0.4 is 5.73 Å². The fourth-order valence-corrected chi connectivity index (χ4v) is 2.67. The van der Waals surface area contributed by atoms with Crippen molar-refractivity contribution in [1.82, 2.24) is 4.90 Å². The van der Waals surface area contributed by atoms with Crippen LogP contribution in [-0.4, -0.2) is 42.8 Å². The van der Waals surface area contributed by atoms with Gasteiger partial charge in [-0.1, -0.05) is 12.8 Å². The van der Waals surface area contributed by atoms with E-state index in [9.17, 15) is 5.11 Å². The summed E-state index contributed by atoms with van der Waals surface area (Å²) >= 11 is 0. The molecule has 0 bridgehead atoms. The first kappa shape index (κ1) is 11.0. The molecule has 0 radical (unpaired) electrons. The maximum Gasteiger partial charge on any atom is 0.0489 e. The fraction of sp³-hybridized carbons (Fsp3) is 1.00. The molecule has 78 valence electrons. The fourth-order valence-electron chi connectivity index (χ4n) is 2.67. The minimum absolute atomic E-state index is 0.170. The number of nitrogens with zero attached hydrogens (tertiary/aromatic N) is 1. The maximum atomic E-state index is 9.29. The van der Waals surface area contributed by atoms with Crippen molar-refractivity contribution >= 4 is 0 Å². The van der Waals surface area contributed by atoms with Crippen molar-refractivity contribution < 1.29 is 5.11 Å². The lowest BCUT2D eigenvalue weighted by molar-refractivity contribution is 0.0490. The van der Waals surface area contributed by atoms with Gasteiger partial charge in [0.15, 0.2) is 0 Å². The van der Waals surface area contributed by atoms with Crippen molar-refractivity contribution in [2.75, 3.05) is 27.2 Å². The van der Waals surface area contributed by atoms with Crippen LogP contribution in [0.1, 0.15) is 25.7 Å². The van der Waals surface area contributed by atoms with Crippen LogP contribution in [0.25, 0.3) is 0 Å². The molecule has 13 heavy (non-hydrogen) atoms. The van der Waals surface area contributed by atoms with Gasteiger partial charge in [-0.3, -0.25) is 0 Å². The summed E-state index contributed by atoms with van der Waals surface area (Å²) in [7, 11) is 4.20. The Balaban J connectivity index is 2.76. The van der Waals surface area contributed by atoms with E-state index in [0.29, 0.717) is 6.54 Å². The molecule has 1 atom stereocenters. The Bertz CT molecular complexity index is 149. The highest BCUT2D eigenvalue weighted by Crippen LogP contribution is 2.39. The highest BCUT2D eigenvalue weighted by atomic mass is 16.3. The van der Waals surface area contributed by atoms with Gasteiger partial charge in [0.05, 0.1) is 0 Å². The summed E-state index contributed by atoms with van der Waals surface area (Å²) in [6.45, 7) is 0.809. The molecule has 0 aromatic rings. The SMILES string of the molecule is CN(C)C1(C(CN)CO)CCCC1. The average Bonchev–Trinajstić information content (AvgIpc) is 2.56. The molecule has 3 heteroatoms. The second-order valence-corrected chi connectivity index (χ2v) is 4.32. The smallest absolute Gasteiger partial charge is 0.0489 e. The van der Waals surface area contributed by atoms with Gasteiger partial charge in [-0.2, -0.15) is 0 Å². The van der Waals surface area contributed by atoms with Crippen LogP contribution >= 0.6 is 0 Å². The van der Waals surface area contributed by atoms with Gasteiger partial charge in [0.1, 0.15) is 0 Å². The summed E-state index contributed by atoms with van der Waals surface area (Å²) in [4.78, 5) is 2.26. The van der Waals surface area contributed by atoms with Crippen molar-refractivity contribution in [3.8, 4) is 0 Å². The first-order valence-corrected chi connectivity index (χ1v) is 5.15. The zero-order valence-corrected chi connectivity index (χ0v) is 8.79. The van der Waals surface area contributed by atoms with Crippen LogP contribution in [0.15, 0.2) is 0 Å². The third kappa shape index (κ3) is 1.87. The molecule has 1 rings (SSSR count). The molecule has 0 amide bonds. The molecule has 3 nitrogen and oxygen atoms in total. The molecule has 0 heterocycles. The topological polar surface area (TPSA) is 49.5 Å². The van der Waals surface area contributed by atoms with Crippen LogP contribution in [0.4, 0.5) is 0 Å². The van der Waals surface area contributed by atoms with E-state index in [1.807, 2.05) is 0 Å². The summed E-state index contributed by atoms with van der Waals surface area (Å²) in [6.07, 6.45) is 4.91. The Morgan fingerprint density at radius 1 is 1.38 bits per heavy atom. The predicted molar refractivity (Wildman–Crippen MR) is 54.5 cm³/mol. The van der Waals surface area contributed by atoms with Crippen LogP contribution in [0, 0.1) is 5.92 Å². The standard InChI is InChI=1S/C10H22N2O/c1-12(2)10(5-3-4-6-10)9(7-11)8-13/h9,13H,3-8,11H2,1-2H3. The largest absolute Gasteiger partial charge is 0.396 e. The van der Waals surface area contributed by atoms with Crippen LogP contribution in [0.2, 0.25) is 0 Å². The number of hydrogen-bond donors (Lipinski definition) is 2. The highest BCUT2D eigenvalue weighted by molar-refractivity contribution is 4.98. The molecule has 0 saturated heterocycles. The number of aliphatic hydroxyl groups is 1. The van der Waals surface area contributed by atoms with Crippen molar-refractivity contribution in [2.45, 2.75) is 31.2 Å². The van der Waals surface area contributed by atoms with Gasteiger partial charge in [-0.25, -0.2) is 0 Å². The van der Waals surface area contributed by atoms with Crippen molar-refractivity contribution in [3.05, 3.63) is 0 Å². The number of hydrogen-bond acceptors (Lipinski definition) is 3. The Morgan fingerprint density at radius 2 is 1.92 bits per heavy atom. The minimum atomic E-state index is 0.170. The maximum absolute atomic E-state index is 9.29. The van der Waals surface area contributed by atoms with E-state index in [-0.39, 0.29) is 18.1 Å². The van der Waals surface area contributed by atoms with Gasteiger partial charge >= 0.3 is 0 Å². The van der Waals surface area contributed by atoms with Crippen LogP contribution in [0.5, 0.6) is 0 Å². The van der Waals surface area contributed by atoms with E-state index >= 15 is 0 Å². The zero-order valence-electron chi connectivity index (χ0n) is 8.79. The summed E-state index contributed by atoms with van der Waals surface area (Å²) in [5.74, 6) is 0.241. The monoisotopic (exact) mass is 186 g/mol. The molecule has 1 aliphatic carbocycles. The highest BCUT2D eigenvalue weighted by Gasteiger charge is 2.41. The number of nitrogens with two attached hydrogens (primary N) is 1. The summed E-state index contributed by atoms with van der Waals surface area (Å²) in [5, 5.41) is 9.29. The zero-order chi connectivity index (χ0) is 9.90. The van der Waals surface area contributed by atoms with Gasteiger partial charge in [-0.15, -0.1) is 0 Å². The Hall–Kier alpha value is -0.120. The van der Waals surface area contributed by atoms with Crippen molar-refractivity contribution in [2.24, 2.45) is 11.7 Å². The molecule has 0 spiro atoms. The normalized spacial score (nSPS) is 23.8. The molecule has 1 saturated carbocycles. The summed E-state index contributed by atoms with van der Waals surface area (Å²) in [5.41, 5.74) is 5.87. The lowest BCUT2D eigenvalue weighted by Gasteiger charge is -2.42. The molecular weight excluding hydrogens is 164 g/mol. The van der Waals surface area contributed by atoms with Crippen molar-refractivity contribution in [3.63, 3.8) is 0 Å². The van der Waals surface area contributed by atoms with E-state index in [0.717, 1.165) is 0 Å². The minimum Gasteiger partial charge on any atom is -0.396 e. The Morgan fingerprint density at radius 3 is 2.23 bits per heavy atom. The van der Waals surface area contributed by atoms with E-state index in [1.54, 1.807) is 0 Å². The van der Waals surface area contributed by atoms with Crippen LogP contribution in [-0.2, 0) is 0 Å². The number of rotatable bonds is 4. The molecule has 1 unspecified atom stereocenters. The molecular formula is C10H22N2O. The predicted octanol–water partition coefficient (Wildman–Crippen LogP) is 0.428. The van der Waals surface area contributed by atoms with E-state index in [4.69, 9.17) is 5.73 Å². The second kappa shape index (κ2) is 4.40. The van der Waals surface area contributed by atoms with E-state index < -0.39 is 0 Å². The number of aliphatic hydroxyl groups excluding tert-OH is 1. The molecule has 0 aromatic heterocycles. The molecule has 1 fully saturated rings. The third-order valence-electron chi connectivity index (χ3n) is 3.62. The van der Waals surface area contributed by atoms with Gasteiger partial charge < -0.3 is 15.7 Å². The van der Waals surface area contributed by atoms with Gasteiger partial charge in [-0.05, 0) is 33.5 Å². The first-order valence-electron chi connectivity index (χ1n) is 5.15. The van der Waals surface area contributed by atoms with Gasteiger partial charge in [0, 0.05) is 18.1 Å². The second-order valence-electron chi connectivity index (χ2n) is 4.32. The quantitative estimate of drug-likeness (QED) is 0.669. The summed E-state index contributed by atoms with van der Waals surface area (Å²) in [6, 6.07) is 0. The Kier molecular flexibility index (Phi) is 3.71. The van der Waals surface area contributed by atoms with Gasteiger partial charge in [0.2, 0.25) is 0 Å². The summed E-state index contributed by atoms with van der Waals surface area (Å²) < 4.78 is 0. The first-order chi connectivity index (χ1) is 6.17. The van der Waals surface area contributed by atoms with E-state index in [1.165, 1.54) is 25.7 Å². The molecule has 0 aromatic carbocycles. The lowest BCUT2D eigenvalue weighted by atomic mass is 9.81. The Labute approximate surface area is 80.9 Å². The molecule has 1 aliphatic rings. The lowest BCUT2D eigenvalue weighted by Crippen LogP contribution is -2.52. The third-order valence-corrected chi connectivity index (χ3v) is 3.62. The molecule has 3 N–H and O–H groups in total. The van der Waals surface area contributed by atoms with Gasteiger partial charge in [0.25, 0.3) is 0 Å². The average molecular weight is 186 g/mol. The van der Waals surface area contributed by atoms with Crippen LogP contribution in [0.3, 0.4) is 0 Å².